The first-order chi connectivity index (χ1) is 9.97. The minimum Gasteiger partial charge on any atom is -0.377 e. The van der Waals surface area contributed by atoms with Gasteiger partial charge >= 0.3 is 0 Å². The molecular weight excluding hydrogens is 347 g/mol. The number of nitrogens with one attached hydrogen (secondary N) is 1. The van der Waals surface area contributed by atoms with Crippen LogP contribution in [-0.4, -0.2) is 9.78 Å². The van der Waals surface area contributed by atoms with E-state index in [4.69, 9.17) is 0 Å². The monoisotopic (exact) mass is 361 g/mol. The topological polar surface area (TPSA) is 29.9 Å². The summed E-state index contributed by atoms with van der Waals surface area (Å²) >= 11 is 3.46. The predicted octanol–water partition coefficient (Wildman–Crippen LogP) is 4.26. The lowest BCUT2D eigenvalue weighted by molar-refractivity contribution is 0.497. The van der Waals surface area contributed by atoms with E-state index in [1.54, 1.807) is 4.68 Å². The number of anilines is 1. The Balaban J connectivity index is 2.26. The minimum atomic E-state index is -1.21. The van der Waals surface area contributed by atoms with Crippen LogP contribution in [0.4, 0.5) is 18.9 Å². The second-order valence-electron chi connectivity index (χ2n) is 4.48. The van der Waals surface area contributed by atoms with Crippen LogP contribution in [0.15, 0.2) is 16.6 Å². The molecule has 1 aromatic carbocycles. The molecule has 0 spiro atoms. The van der Waals surface area contributed by atoms with E-state index in [1.807, 2.05) is 13.8 Å². The molecule has 7 heteroatoms. The van der Waals surface area contributed by atoms with Crippen LogP contribution in [0, 0.1) is 17.5 Å². The predicted molar refractivity (Wildman–Crippen MR) is 78.6 cm³/mol. The Morgan fingerprint density at radius 3 is 2.57 bits per heavy atom. The normalized spacial score (nSPS) is 11.0. The number of hydrogen-bond donors (Lipinski definition) is 1. The van der Waals surface area contributed by atoms with Crippen LogP contribution in [0.3, 0.4) is 0 Å². The second kappa shape index (κ2) is 6.51. The standard InChI is InChI=1S/C14H15BrF3N3/c1-3-10-13(15)12(21(4-2)20-10)7-19-11-6-8(16)5-9(17)14(11)18/h5-6,19H,3-4,7H2,1-2H3. The molecule has 0 fully saturated rings. The highest BCUT2D eigenvalue weighted by molar-refractivity contribution is 9.10. The minimum absolute atomic E-state index is 0.207. The molecule has 114 valence electrons. The van der Waals surface area contributed by atoms with Gasteiger partial charge in [0.25, 0.3) is 0 Å². The van der Waals surface area contributed by atoms with Crippen LogP contribution in [0.25, 0.3) is 0 Å². The van der Waals surface area contributed by atoms with Crippen molar-refractivity contribution < 1.29 is 13.2 Å². The smallest absolute Gasteiger partial charge is 0.182 e. The van der Waals surface area contributed by atoms with Crippen LogP contribution >= 0.6 is 15.9 Å². The highest BCUT2D eigenvalue weighted by atomic mass is 79.9. The van der Waals surface area contributed by atoms with Crippen LogP contribution in [-0.2, 0) is 19.5 Å². The Hall–Kier alpha value is -1.50. The van der Waals surface area contributed by atoms with Gasteiger partial charge in [0, 0.05) is 18.7 Å². The summed E-state index contributed by atoms with van der Waals surface area (Å²) in [7, 11) is 0. The molecule has 0 unspecified atom stereocenters. The summed E-state index contributed by atoms with van der Waals surface area (Å²) in [5, 5.41) is 7.12. The van der Waals surface area contributed by atoms with Crippen LogP contribution in [0.2, 0.25) is 0 Å². The quantitative estimate of drug-likeness (QED) is 0.806. The van der Waals surface area contributed by atoms with E-state index in [0.717, 1.165) is 28.3 Å². The summed E-state index contributed by atoms with van der Waals surface area (Å²) in [6, 6.07) is 1.45. The van der Waals surface area contributed by atoms with Crippen molar-refractivity contribution in [2.75, 3.05) is 5.32 Å². The summed E-state index contributed by atoms with van der Waals surface area (Å²) < 4.78 is 42.5. The third-order valence-corrected chi connectivity index (χ3v) is 4.05. The number of aryl methyl sites for hydroxylation is 2. The summed E-state index contributed by atoms with van der Waals surface area (Å²) in [5.41, 5.74) is 1.49. The van der Waals surface area contributed by atoms with Gasteiger partial charge < -0.3 is 5.32 Å². The van der Waals surface area contributed by atoms with Gasteiger partial charge in [-0.05, 0) is 29.3 Å². The Morgan fingerprint density at radius 1 is 1.24 bits per heavy atom. The molecule has 0 bridgehead atoms. The fraction of sp³-hybridized carbons (Fsp3) is 0.357. The number of hydrogen-bond acceptors (Lipinski definition) is 2. The number of nitrogens with zero attached hydrogens (tertiary/aromatic N) is 2. The van der Waals surface area contributed by atoms with Gasteiger partial charge in [-0.2, -0.15) is 5.10 Å². The van der Waals surface area contributed by atoms with E-state index in [9.17, 15) is 13.2 Å². The van der Waals surface area contributed by atoms with Crippen molar-refractivity contribution in [2.24, 2.45) is 0 Å². The molecule has 1 heterocycles. The fourth-order valence-corrected chi connectivity index (χ4v) is 2.75. The molecule has 0 aliphatic heterocycles. The molecule has 3 nitrogen and oxygen atoms in total. The zero-order chi connectivity index (χ0) is 15.6. The molecule has 0 saturated heterocycles. The molecule has 0 aliphatic rings. The molecule has 0 radical (unpaired) electrons. The number of aromatic nitrogens is 2. The van der Waals surface area contributed by atoms with Crippen molar-refractivity contribution >= 4 is 21.6 Å². The highest BCUT2D eigenvalue weighted by Gasteiger charge is 2.15. The Labute approximate surface area is 129 Å². The maximum absolute atomic E-state index is 13.6. The molecule has 2 aromatic rings. The van der Waals surface area contributed by atoms with E-state index in [1.165, 1.54) is 0 Å². The van der Waals surface area contributed by atoms with E-state index in [0.29, 0.717) is 12.6 Å². The fourth-order valence-electron chi connectivity index (χ4n) is 2.05. The second-order valence-corrected chi connectivity index (χ2v) is 5.27. The van der Waals surface area contributed by atoms with Crippen molar-refractivity contribution in [3.63, 3.8) is 0 Å². The van der Waals surface area contributed by atoms with Gasteiger partial charge in [-0.3, -0.25) is 4.68 Å². The molecule has 1 aromatic heterocycles. The summed E-state index contributed by atoms with van der Waals surface area (Å²) in [4.78, 5) is 0. The molecule has 0 atom stereocenters. The SMILES string of the molecule is CCc1nn(CC)c(CNc2cc(F)cc(F)c2F)c1Br. The average Bonchev–Trinajstić information content (AvgIpc) is 2.77. The number of halogens is 4. The molecule has 0 amide bonds. The molecule has 21 heavy (non-hydrogen) atoms. The maximum atomic E-state index is 13.6. The first kappa shape index (κ1) is 15.9. The first-order valence-corrected chi connectivity index (χ1v) is 7.39. The van der Waals surface area contributed by atoms with E-state index < -0.39 is 17.5 Å². The molecular formula is C14H15BrF3N3. The first-order valence-electron chi connectivity index (χ1n) is 6.60. The van der Waals surface area contributed by atoms with Gasteiger partial charge in [0.05, 0.1) is 28.1 Å². The van der Waals surface area contributed by atoms with Crippen molar-refractivity contribution in [1.82, 2.24) is 9.78 Å². The van der Waals surface area contributed by atoms with Crippen LogP contribution < -0.4 is 5.32 Å². The van der Waals surface area contributed by atoms with Crippen molar-refractivity contribution in [3.8, 4) is 0 Å². The van der Waals surface area contributed by atoms with Gasteiger partial charge in [0.15, 0.2) is 11.6 Å². The van der Waals surface area contributed by atoms with Gasteiger partial charge in [0.2, 0.25) is 0 Å². The lowest BCUT2D eigenvalue weighted by Gasteiger charge is -2.10. The lowest BCUT2D eigenvalue weighted by atomic mass is 10.2. The number of rotatable bonds is 5. The zero-order valence-corrected chi connectivity index (χ0v) is 13.3. The molecule has 0 aliphatic carbocycles. The van der Waals surface area contributed by atoms with Crippen molar-refractivity contribution in [2.45, 2.75) is 33.4 Å². The van der Waals surface area contributed by atoms with Gasteiger partial charge in [-0.25, -0.2) is 13.2 Å². The lowest BCUT2D eigenvalue weighted by Crippen LogP contribution is -2.10. The van der Waals surface area contributed by atoms with Crippen LogP contribution in [0.1, 0.15) is 25.2 Å². The van der Waals surface area contributed by atoms with E-state index >= 15 is 0 Å². The van der Waals surface area contributed by atoms with E-state index in [2.05, 4.69) is 26.3 Å². The largest absolute Gasteiger partial charge is 0.377 e. The van der Waals surface area contributed by atoms with Gasteiger partial charge in [-0.1, -0.05) is 6.92 Å². The van der Waals surface area contributed by atoms with Gasteiger partial charge in [-0.15, -0.1) is 0 Å². The Kier molecular flexibility index (Phi) is 4.92. The Morgan fingerprint density at radius 2 is 1.95 bits per heavy atom. The zero-order valence-electron chi connectivity index (χ0n) is 11.7. The summed E-state index contributed by atoms with van der Waals surface area (Å²) in [6.45, 7) is 4.77. The molecule has 0 saturated carbocycles. The third-order valence-electron chi connectivity index (χ3n) is 3.13. The van der Waals surface area contributed by atoms with Gasteiger partial charge in [0.1, 0.15) is 5.82 Å². The summed E-state index contributed by atoms with van der Waals surface area (Å²) in [6.07, 6.45) is 0.754. The highest BCUT2D eigenvalue weighted by Crippen LogP contribution is 2.25. The molecule has 1 N–H and O–H groups in total. The van der Waals surface area contributed by atoms with E-state index in [-0.39, 0.29) is 12.2 Å². The van der Waals surface area contributed by atoms with Crippen molar-refractivity contribution in [1.29, 1.82) is 0 Å². The Bertz CT molecular complexity index is 655. The number of benzene rings is 1. The average molecular weight is 362 g/mol. The summed E-state index contributed by atoms with van der Waals surface area (Å²) in [5.74, 6) is -3.13. The third kappa shape index (κ3) is 3.23. The maximum Gasteiger partial charge on any atom is 0.182 e. The molecule has 2 rings (SSSR count). The van der Waals surface area contributed by atoms with Crippen molar-refractivity contribution in [3.05, 3.63) is 45.4 Å². The van der Waals surface area contributed by atoms with Crippen LogP contribution in [0.5, 0.6) is 0 Å².